The number of para-hydroxylation sites is 3. The van der Waals surface area contributed by atoms with Gasteiger partial charge in [0.15, 0.2) is 13.2 Å². The van der Waals surface area contributed by atoms with Crippen LogP contribution in [0, 0.1) is 0 Å². The molecule has 1 aliphatic carbocycles. The van der Waals surface area contributed by atoms with Gasteiger partial charge in [0.2, 0.25) is 0 Å². The number of hydrogen-bond acceptors (Lipinski definition) is 14. The molecular weight excluding hydrogens is 1030 g/mol. The number of hydrogen-bond donors (Lipinski definition) is 3. The third-order valence-corrected chi connectivity index (χ3v) is 18.7. The molecule has 19 heteroatoms. The SMILES string of the molecule is CCO[Si](O)(CCCSCCCc1cc2c(OCC(=O)NS(=O)(=O)c3ccccc3)c(c1)Cc1cccc(c1OC)Cc1cccc(c1OCC(=O)NS(=O)(=O)c1ccccc1)Cc1cccc(c1OC)C2)OCC. The molecule has 0 heterocycles. The number of carbonyl (C=O) groups excluding carboxylic acids is 2. The van der Waals surface area contributed by atoms with Crippen LogP contribution in [0.3, 0.4) is 0 Å². The van der Waals surface area contributed by atoms with Crippen molar-refractivity contribution in [2.24, 2.45) is 0 Å². The second-order valence-electron chi connectivity index (χ2n) is 17.7. The standard InChI is InChI=1S/C56H64N2O13S3Si/c1-5-70-75(65,71-6-2)31-17-30-72-29-16-18-40-32-47-36-43-21-13-19-41(53(43)66-3)34-45-23-15-24-46(55(45)68-38-51(59)57-73(61,62)49-25-9-7-10-26-49)35-42-20-14-22-44(54(42)67-4)37-48(33-40)56(47)69-39-52(60)58-74(63,64)50-27-11-8-12-28-50/h7-15,19-28,32-33,65H,5-6,16-18,29-31,34-39H2,1-4H3,(H,57,59)(H,58,60). The van der Waals surface area contributed by atoms with Crippen LogP contribution in [0.25, 0.3) is 0 Å². The van der Waals surface area contributed by atoms with Crippen molar-refractivity contribution < 1.29 is 59.0 Å². The Bertz CT molecular complexity index is 3040. The van der Waals surface area contributed by atoms with Gasteiger partial charge >= 0.3 is 8.80 Å². The predicted octanol–water partition coefficient (Wildman–Crippen LogP) is 8.21. The average molecular weight is 1100 g/mol. The third-order valence-electron chi connectivity index (χ3n) is 12.3. The van der Waals surface area contributed by atoms with Crippen molar-refractivity contribution in [3.05, 3.63) is 177 Å². The topological polar surface area (TPSA) is 202 Å². The summed E-state index contributed by atoms with van der Waals surface area (Å²) >= 11 is 1.80. The minimum Gasteiger partial charge on any atom is -0.496 e. The number of amides is 2. The zero-order chi connectivity index (χ0) is 53.4. The molecule has 3 N–H and O–H groups in total. The molecule has 15 nitrogen and oxygen atoms in total. The van der Waals surface area contributed by atoms with Crippen molar-refractivity contribution in [3.8, 4) is 23.0 Å². The average Bonchev–Trinajstić information content (AvgIpc) is 3.38. The van der Waals surface area contributed by atoms with E-state index in [2.05, 4.69) is 21.6 Å². The number of carbonyl (C=O) groups is 2. The fourth-order valence-corrected chi connectivity index (χ4v) is 14.2. The first-order chi connectivity index (χ1) is 36.2. The van der Waals surface area contributed by atoms with Gasteiger partial charge < -0.3 is 32.6 Å². The first-order valence-corrected chi connectivity index (χ1v) is 30.8. The summed E-state index contributed by atoms with van der Waals surface area (Å²) in [4.78, 5) is 37.6. The summed E-state index contributed by atoms with van der Waals surface area (Å²) in [6.07, 6.45) is 3.47. The number of benzene rings is 6. The fourth-order valence-electron chi connectivity index (χ4n) is 9.17. The number of methoxy groups -OCH3 is 2. The number of fused-ring (bicyclic) bond motifs is 8. The summed E-state index contributed by atoms with van der Waals surface area (Å²) < 4.78 is 93.4. The highest BCUT2D eigenvalue weighted by molar-refractivity contribution is 7.99. The number of nitrogens with one attached hydrogen (secondary N) is 2. The largest absolute Gasteiger partial charge is 0.498 e. The van der Waals surface area contributed by atoms with Gasteiger partial charge in [-0.15, -0.1) is 0 Å². The van der Waals surface area contributed by atoms with Gasteiger partial charge in [-0.25, -0.2) is 26.3 Å². The van der Waals surface area contributed by atoms with E-state index in [9.17, 15) is 31.2 Å². The molecule has 2 amide bonds. The quantitative estimate of drug-likeness (QED) is 0.0386. The van der Waals surface area contributed by atoms with Gasteiger partial charge in [0, 0.05) is 44.9 Å². The molecule has 6 aromatic carbocycles. The van der Waals surface area contributed by atoms with Crippen molar-refractivity contribution in [2.75, 3.05) is 52.2 Å². The van der Waals surface area contributed by atoms with E-state index >= 15 is 0 Å². The maximum Gasteiger partial charge on any atom is 0.498 e. The zero-order valence-electron chi connectivity index (χ0n) is 42.6. The van der Waals surface area contributed by atoms with Gasteiger partial charge in [0.1, 0.15) is 23.0 Å². The summed E-state index contributed by atoms with van der Waals surface area (Å²) in [6, 6.07) is 37.3. The van der Waals surface area contributed by atoms with E-state index in [4.69, 9.17) is 27.8 Å². The Morgan fingerprint density at radius 3 is 1.31 bits per heavy atom. The molecule has 0 saturated carbocycles. The molecule has 0 fully saturated rings. The summed E-state index contributed by atoms with van der Waals surface area (Å²) in [5.74, 6) is 1.99. The smallest absolute Gasteiger partial charge is 0.496 e. The molecule has 0 aromatic heterocycles. The Morgan fingerprint density at radius 2 is 0.907 bits per heavy atom. The van der Waals surface area contributed by atoms with Crippen LogP contribution in [-0.2, 0) is 70.6 Å². The number of sulfonamides is 2. The molecule has 0 unspecified atom stereocenters. The Kier molecular flexibility index (Phi) is 20.0. The molecule has 7 rings (SSSR count). The lowest BCUT2D eigenvalue weighted by molar-refractivity contribution is -0.122. The van der Waals surface area contributed by atoms with Crippen LogP contribution in [0.5, 0.6) is 23.0 Å². The lowest BCUT2D eigenvalue weighted by Gasteiger charge is -2.23. The highest BCUT2D eigenvalue weighted by Gasteiger charge is 2.35. The molecule has 0 spiro atoms. The summed E-state index contributed by atoms with van der Waals surface area (Å²) in [6.45, 7) is 3.30. The highest BCUT2D eigenvalue weighted by atomic mass is 32.2. The summed E-state index contributed by atoms with van der Waals surface area (Å²) in [7, 11) is -8.36. The first kappa shape index (κ1) is 56.5. The van der Waals surface area contributed by atoms with E-state index in [-0.39, 0.29) is 22.6 Å². The summed E-state index contributed by atoms with van der Waals surface area (Å²) in [5, 5.41) is 0. The second kappa shape index (κ2) is 26.5. The van der Waals surface area contributed by atoms with Crippen LogP contribution in [0.15, 0.2) is 137 Å². The van der Waals surface area contributed by atoms with Crippen molar-refractivity contribution in [1.29, 1.82) is 0 Å². The second-order valence-corrected chi connectivity index (χ2v) is 24.8. The van der Waals surface area contributed by atoms with Crippen molar-refractivity contribution >= 4 is 52.4 Å². The molecule has 0 radical (unpaired) electrons. The zero-order valence-corrected chi connectivity index (χ0v) is 46.0. The fraction of sp³-hybridized carbons (Fsp3) is 0.321. The Balaban J connectivity index is 1.25. The van der Waals surface area contributed by atoms with Crippen molar-refractivity contribution in [2.45, 2.75) is 74.6 Å². The van der Waals surface area contributed by atoms with E-state index in [0.29, 0.717) is 72.6 Å². The van der Waals surface area contributed by atoms with E-state index in [0.717, 1.165) is 63.3 Å². The number of aryl methyl sites for hydroxylation is 1. The van der Waals surface area contributed by atoms with Crippen LogP contribution in [0.2, 0.25) is 6.04 Å². The molecule has 0 aliphatic heterocycles. The number of thioether (sulfide) groups is 1. The van der Waals surface area contributed by atoms with Gasteiger partial charge in [-0.1, -0.05) is 103 Å². The molecule has 398 valence electrons. The van der Waals surface area contributed by atoms with Gasteiger partial charge in [0.25, 0.3) is 31.9 Å². The normalized spacial score (nSPS) is 12.6. The van der Waals surface area contributed by atoms with Gasteiger partial charge in [0.05, 0.1) is 24.0 Å². The number of rotatable bonds is 24. The lowest BCUT2D eigenvalue weighted by atomic mass is 9.90. The maximum atomic E-state index is 13.6. The van der Waals surface area contributed by atoms with Crippen LogP contribution in [-0.4, -0.2) is 94.4 Å². The molecule has 6 aromatic rings. The monoisotopic (exact) mass is 1100 g/mol. The number of ether oxygens (including phenoxy) is 4. The van der Waals surface area contributed by atoms with Gasteiger partial charge in [-0.2, -0.15) is 11.8 Å². The van der Waals surface area contributed by atoms with Crippen molar-refractivity contribution in [1.82, 2.24) is 9.44 Å². The molecule has 8 bridgehead atoms. The van der Waals surface area contributed by atoms with Crippen molar-refractivity contribution in [3.63, 3.8) is 0 Å². The van der Waals surface area contributed by atoms with Crippen LogP contribution < -0.4 is 28.4 Å². The minimum absolute atomic E-state index is 0.0533. The molecule has 0 saturated heterocycles. The third kappa shape index (κ3) is 15.2. The van der Waals surface area contributed by atoms with Gasteiger partial charge in [-0.05, 0) is 119 Å². The van der Waals surface area contributed by atoms with Crippen LogP contribution >= 0.6 is 11.8 Å². The van der Waals surface area contributed by atoms with Gasteiger partial charge in [-0.3, -0.25) is 9.59 Å². The molecule has 75 heavy (non-hydrogen) atoms. The van der Waals surface area contributed by atoms with Crippen LogP contribution in [0.1, 0.15) is 76.8 Å². The van der Waals surface area contributed by atoms with E-state index in [1.54, 1.807) is 62.4 Å². The van der Waals surface area contributed by atoms with E-state index in [1.165, 1.54) is 24.3 Å². The predicted molar refractivity (Wildman–Crippen MR) is 291 cm³/mol. The van der Waals surface area contributed by atoms with E-state index < -0.39 is 53.9 Å². The Labute approximate surface area is 445 Å². The van der Waals surface area contributed by atoms with Crippen LogP contribution in [0.4, 0.5) is 0 Å². The maximum absolute atomic E-state index is 13.6. The lowest BCUT2D eigenvalue weighted by Crippen LogP contribution is -2.42. The minimum atomic E-state index is -4.19. The molecule has 1 aliphatic rings. The Morgan fingerprint density at radius 1 is 0.533 bits per heavy atom. The highest BCUT2D eigenvalue weighted by Crippen LogP contribution is 2.39. The summed E-state index contributed by atoms with van der Waals surface area (Å²) in [5.41, 5.74) is 7.13. The molecular formula is C56H64N2O13S3Si. The Hall–Kier alpha value is -6.19. The first-order valence-electron chi connectivity index (χ1n) is 24.8. The van der Waals surface area contributed by atoms with E-state index in [1.807, 2.05) is 68.4 Å². The molecule has 0 atom stereocenters.